The Kier molecular flexibility index (Phi) is 1.29. The van der Waals surface area contributed by atoms with Gasteiger partial charge in [0.25, 0.3) is 0 Å². The monoisotopic (exact) mass is 163 g/mol. The highest BCUT2D eigenvalue weighted by Crippen LogP contribution is 2.38. The lowest BCUT2D eigenvalue weighted by atomic mass is 9.90. The summed E-state index contributed by atoms with van der Waals surface area (Å²) < 4.78 is 0. The number of hydrogen-bond donors (Lipinski definition) is 1. The molecule has 3 unspecified atom stereocenters. The number of piperidine rings is 1. The van der Waals surface area contributed by atoms with Gasteiger partial charge in [0.1, 0.15) is 0 Å². The predicted molar refractivity (Wildman–Crippen MR) is 45.9 cm³/mol. The summed E-state index contributed by atoms with van der Waals surface area (Å²) in [5.41, 5.74) is 1.34. The highest BCUT2D eigenvalue weighted by atomic mass is 15.2. The van der Waals surface area contributed by atoms with Crippen LogP contribution in [-0.4, -0.2) is 34.7 Å². The van der Waals surface area contributed by atoms with E-state index in [1.165, 1.54) is 31.7 Å². The molecule has 1 aromatic rings. The van der Waals surface area contributed by atoms with E-state index in [1.54, 1.807) is 0 Å². The van der Waals surface area contributed by atoms with Crippen LogP contribution in [0.15, 0.2) is 12.3 Å². The van der Waals surface area contributed by atoms with E-state index in [0.29, 0.717) is 0 Å². The third-order valence-electron chi connectivity index (χ3n) is 3.25. The van der Waals surface area contributed by atoms with Crippen molar-refractivity contribution in [2.45, 2.75) is 12.3 Å². The molecule has 2 aliphatic heterocycles. The molecule has 1 aromatic heterocycles. The first-order valence-electron chi connectivity index (χ1n) is 4.65. The normalized spacial score (nSPS) is 39.2. The van der Waals surface area contributed by atoms with Gasteiger partial charge in [0.05, 0.1) is 0 Å². The Morgan fingerprint density at radius 3 is 3.08 bits per heavy atom. The Hall–Kier alpha value is -0.830. The number of hydrogen-bond acceptors (Lipinski definition) is 2. The molecule has 3 nitrogen and oxygen atoms in total. The molecule has 2 fully saturated rings. The van der Waals surface area contributed by atoms with Crippen LogP contribution < -0.4 is 0 Å². The third kappa shape index (κ3) is 0.829. The maximum absolute atomic E-state index is 4.01. The average molecular weight is 163 g/mol. The molecule has 12 heavy (non-hydrogen) atoms. The van der Waals surface area contributed by atoms with Gasteiger partial charge in [-0.2, -0.15) is 5.10 Å². The number of nitrogens with one attached hydrogen (secondary N) is 1. The molecule has 64 valence electrons. The highest BCUT2D eigenvalue weighted by Gasteiger charge is 2.39. The van der Waals surface area contributed by atoms with E-state index in [4.69, 9.17) is 0 Å². The molecule has 0 spiro atoms. The largest absolute Gasteiger partial charge is 0.302 e. The van der Waals surface area contributed by atoms with Gasteiger partial charge in [0.15, 0.2) is 0 Å². The van der Waals surface area contributed by atoms with Crippen molar-refractivity contribution in [2.75, 3.05) is 19.6 Å². The predicted octanol–water partition coefficient (Wildman–Crippen LogP) is 0.829. The molecule has 3 heterocycles. The molecule has 3 heteroatoms. The number of aromatic amines is 1. The number of rotatable bonds is 1. The van der Waals surface area contributed by atoms with Gasteiger partial charge in [-0.25, -0.2) is 0 Å². The minimum absolute atomic E-state index is 0.737. The first-order valence-corrected chi connectivity index (χ1v) is 4.65. The van der Waals surface area contributed by atoms with Crippen LogP contribution in [0.1, 0.15) is 18.0 Å². The molecule has 2 aliphatic rings. The SMILES string of the molecule is c1cc(C2CN3CCC2C3)[nH]n1. The van der Waals surface area contributed by atoms with Gasteiger partial charge in [0.2, 0.25) is 0 Å². The van der Waals surface area contributed by atoms with E-state index in [1.807, 2.05) is 6.20 Å². The van der Waals surface area contributed by atoms with Crippen molar-refractivity contribution in [3.63, 3.8) is 0 Å². The lowest BCUT2D eigenvalue weighted by Gasteiger charge is -2.20. The van der Waals surface area contributed by atoms with Gasteiger partial charge in [-0.15, -0.1) is 0 Å². The fraction of sp³-hybridized carbons (Fsp3) is 0.667. The first-order chi connectivity index (χ1) is 5.93. The molecular weight excluding hydrogens is 150 g/mol. The number of aromatic nitrogens is 2. The Bertz CT molecular complexity index is 267. The maximum atomic E-state index is 4.01. The second-order valence-corrected chi connectivity index (χ2v) is 3.93. The minimum Gasteiger partial charge on any atom is -0.302 e. The molecule has 3 atom stereocenters. The van der Waals surface area contributed by atoms with Crippen molar-refractivity contribution in [1.29, 1.82) is 0 Å². The molecular formula is C9H13N3. The van der Waals surface area contributed by atoms with Crippen LogP contribution in [-0.2, 0) is 0 Å². The van der Waals surface area contributed by atoms with Crippen LogP contribution in [0, 0.1) is 5.92 Å². The Morgan fingerprint density at radius 1 is 1.50 bits per heavy atom. The van der Waals surface area contributed by atoms with Gasteiger partial charge in [-0.1, -0.05) is 0 Å². The van der Waals surface area contributed by atoms with E-state index in [2.05, 4.69) is 21.2 Å². The fourth-order valence-electron chi connectivity index (χ4n) is 2.61. The van der Waals surface area contributed by atoms with Gasteiger partial charge >= 0.3 is 0 Å². The fourth-order valence-corrected chi connectivity index (χ4v) is 2.61. The zero-order chi connectivity index (χ0) is 7.97. The summed E-state index contributed by atoms with van der Waals surface area (Å²) in [6.45, 7) is 3.87. The molecule has 0 radical (unpaired) electrons. The van der Waals surface area contributed by atoms with Crippen LogP contribution in [0.3, 0.4) is 0 Å². The maximum Gasteiger partial charge on any atom is 0.0490 e. The van der Waals surface area contributed by atoms with Crippen LogP contribution in [0.2, 0.25) is 0 Å². The van der Waals surface area contributed by atoms with E-state index in [0.717, 1.165) is 11.8 Å². The van der Waals surface area contributed by atoms with Crippen molar-refractivity contribution in [3.05, 3.63) is 18.0 Å². The topological polar surface area (TPSA) is 31.9 Å². The molecule has 0 aromatic carbocycles. The van der Waals surface area contributed by atoms with Crippen molar-refractivity contribution < 1.29 is 0 Å². The van der Waals surface area contributed by atoms with Crippen LogP contribution in [0.4, 0.5) is 0 Å². The summed E-state index contributed by atoms with van der Waals surface area (Å²) in [7, 11) is 0. The standard InChI is InChI=1S/C9H13N3/c1-3-10-11-9(1)8-6-12-4-2-7(8)5-12/h1,3,7-8H,2,4-6H2,(H,10,11). The number of nitrogens with zero attached hydrogens (tertiary/aromatic N) is 2. The molecule has 3 rings (SSSR count). The van der Waals surface area contributed by atoms with Crippen molar-refractivity contribution in [3.8, 4) is 0 Å². The molecule has 0 amide bonds. The second kappa shape index (κ2) is 2.33. The van der Waals surface area contributed by atoms with Gasteiger partial charge in [0, 0.05) is 30.9 Å². The van der Waals surface area contributed by atoms with Gasteiger partial charge in [-0.05, 0) is 24.9 Å². The summed E-state index contributed by atoms with van der Waals surface area (Å²) in [4.78, 5) is 2.55. The molecule has 2 bridgehead atoms. The lowest BCUT2D eigenvalue weighted by molar-refractivity contribution is 0.344. The highest BCUT2D eigenvalue weighted by molar-refractivity contribution is 5.13. The minimum atomic E-state index is 0.737. The summed E-state index contributed by atoms with van der Waals surface area (Å²) in [6.07, 6.45) is 3.24. The Morgan fingerprint density at radius 2 is 2.50 bits per heavy atom. The summed E-state index contributed by atoms with van der Waals surface area (Å²) >= 11 is 0. The van der Waals surface area contributed by atoms with E-state index in [-0.39, 0.29) is 0 Å². The van der Waals surface area contributed by atoms with Crippen molar-refractivity contribution in [2.24, 2.45) is 5.92 Å². The van der Waals surface area contributed by atoms with E-state index < -0.39 is 0 Å². The summed E-state index contributed by atoms with van der Waals surface area (Å²) in [5.74, 6) is 1.63. The Labute approximate surface area is 71.8 Å². The molecule has 0 aliphatic carbocycles. The van der Waals surface area contributed by atoms with Crippen LogP contribution in [0.5, 0.6) is 0 Å². The second-order valence-electron chi connectivity index (χ2n) is 3.93. The molecule has 1 N–H and O–H groups in total. The zero-order valence-corrected chi connectivity index (χ0v) is 7.03. The van der Waals surface area contributed by atoms with E-state index in [9.17, 15) is 0 Å². The quantitative estimate of drug-likeness (QED) is 0.665. The lowest BCUT2D eigenvalue weighted by Crippen LogP contribution is -2.22. The summed E-state index contributed by atoms with van der Waals surface area (Å²) in [6, 6.07) is 2.12. The Balaban J connectivity index is 1.87. The van der Waals surface area contributed by atoms with Crippen molar-refractivity contribution >= 4 is 0 Å². The molecule has 0 saturated carbocycles. The van der Waals surface area contributed by atoms with Crippen LogP contribution in [0.25, 0.3) is 0 Å². The van der Waals surface area contributed by atoms with Gasteiger partial charge < -0.3 is 4.90 Å². The third-order valence-corrected chi connectivity index (χ3v) is 3.25. The smallest absolute Gasteiger partial charge is 0.0490 e. The van der Waals surface area contributed by atoms with Crippen LogP contribution >= 0.6 is 0 Å². The van der Waals surface area contributed by atoms with Gasteiger partial charge in [-0.3, -0.25) is 5.10 Å². The van der Waals surface area contributed by atoms with Crippen molar-refractivity contribution in [1.82, 2.24) is 15.1 Å². The average Bonchev–Trinajstić information content (AvgIpc) is 2.81. The number of H-pyrrole nitrogens is 1. The summed E-state index contributed by atoms with van der Waals surface area (Å²) in [5, 5.41) is 7.09. The first kappa shape index (κ1) is 6.66. The number of fused-ring (bicyclic) bond motifs is 2. The molecule has 2 saturated heterocycles. The zero-order valence-electron chi connectivity index (χ0n) is 7.03. The van der Waals surface area contributed by atoms with E-state index >= 15 is 0 Å².